The van der Waals surface area contributed by atoms with Crippen LogP contribution in [-0.2, 0) is 17.6 Å². The lowest BCUT2D eigenvalue weighted by molar-refractivity contribution is -0.142. The van der Waals surface area contributed by atoms with Gasteiger partial charge in [0.15, 0.2) is 0 Å². The molecule has 3 aromatic carbocycles. The standard InChI is InChI=1S/C25H27NO2/c27-25(28)22(11-7-10-20-8-3-1-4-9-20)17-14-21-15-18-24(19-16-21)26-23-12-5-2-6-13-23/h1-6,8-9,12-13,15-16,18-19,22,26H,7,10-11,14,17H2,(H,27,28). The maximum absolute atomic E-state index is 11.6. The monoisotopic (exact) mass is 373 g/mol. The highest BCUT2D eigenvalue weighted by Gasteiger charge is 2.17. The van der Waals surface area contributed by atoms with Crippen molar-refractivity contribution in [3.63, 3.8) is 0 Å². The molecular weight excluding hydrogens is 346 g/mol. The molecule has 0 aliphatic carbocycles. The van der Waals surface area contributed by atoms with Crippen LogP contribution in [0, 0.1) is 5.92 Å². The zero-order valence-electron chi connectivity index (χ0n) is 16.1. The summed E-state index contributed by atoms with van der Waals surface area (Å²) in [5.41, 5.74) is 4.54. The van der Waals surface area contributed by atoms with Crippen LogP contribution in [0.2, 0.25) is 0 Å². The second kappa shape index (κ2) is 10.3. The Morgan fingerprint density at radius 3 is 1.93 bits per heavy atom. The Balaban J connectivity index is 1.47. The largest absolute Gasteiger partial charge is 0.481 e. The minimum absolute atomic E-state index is 0.286. The molecular formula is C25H27NO2. The van der Waals surface area contributed by atoms with Gasteiger partial charge in [0.2, 0.25) is 0 Å². The first-order chi connectivity index (χ1) is 13.7. The predicted molar refractivity (Wildman–Crippen MR) is 115 cm³/mol. The number of hydrogen-bond acceptors (Lipinski definition) is 2. The fraction of sp³-hybridized carbons (Fsp3) is 0.240. The Bertz CT molecular complexity index is 845. The van der Waals surface area contributed by atoms with E-state index in [1.54, 1.807) is 0 Å². The second-order valence-corrected chi connectivity index (χ2v) is 7.14. The number of nitrogens with one attached hydrogen (secondary N) is 1. The summed E-state index contributed by atoms with van der Waals surface area (Å²) in [5.74, 6) is -0.971. The van der Waals surface area contributed by atoms with Gasteiger partial charge in [-0.3, -0.25) is 4.79 Å². The molecule has 1 unspecified atom stereocenters. The number of aliphatic carboxylic acids is 1. The topological polar surface area (TPSA) is 49.3 Å². The lowest BCUT2D eigenvalue weighted by atomic mass is 9.93. The van der Waals surface area contributed by atoms with Gasteiger partial charge in [-0.25, -0.2) is 0 Å². The van der Waals surface area contributed by atoms with Crippen molar-refractivity contribution >= 4 is 17.3 Å². The summed E-state index contributed by atoms with van der Waals surface area (Å²) < 4.78 is 0. The van der Waals surface area contributed by atoms with Crippen molar-refractivity contribution in [2.45, 2.75) is 32.1 Å². The number of aryl methyl sites for hydroxylation is 2. The maximum atomic E-state index is 11.6. The number of carboxylic acids is 1. The number of carboxylic acid groups (broad SMARTS) is 1. The minimum Gasteiger partial charge on any atom is -0.481 e. The van der Waals surface area contributed by atoms with Crippen molar-refractivity contribution in [3.05, 3.63) is 96.1 Å². The molecule has 0 amide bonds. The van der Waals surface area contributed by atoms with Crippen LogP contribution in [0.1, 0.15) is 30.4 Å². The third kappa shape index (κ3) is 6.27. The van der Waals surface area contributed by atoms with Crippen LogP contribution in [-0.4, -0.2) is 11.1 Å². The van der Waals surface area contributed by atoms with E-state index in [1.165, 1.54) is 11.1 Å². The third-order valence-electron chi connectivity index (χ3n) is 5.01. The van der Waals surface area contributed by atoms with Gasteiger partial charge in [-0.05, 0) is 67.5 Å². The number of benzene rings is 3. The fourth-order valence-electron chi connectivity index (χ4n) is 3.37. The van der Waals surface area contributed by atoms with Crippen molar-refractivity contribution in [2.24, 2.45) is 5.92 Å². The fourth-order valence-corrected chi connectivity index (χ4v) is 3.37. The molecule has 0 aliphatic rings. The second-order valence-electron chi connectivity index (χ2n) is 7.14. The quantitative estimate of drug-likeness (QED) is 0.452. The van der Waals surface area contributed by atoms with Crippen LogP contribution in [0.25, 0.3) is 0 Å². The number of para-hydroxylation sites is 1. The molecule has 144 valence electrons. The number of hydrogen-bond donors (Lipinski definition) is 2. The van der Waals surface area contributed by atoms with E-state index in [9.17, 15) is 9.90 Å². The van der Waals surface area contributed by atoms with E-state index in [0.717, 1.165) is 37.1 Å². The summed E-state index contributed by atoms with van der Waals surface area (Å²) in [6.07, 6.45) is 4.02. The average Bonchev–Trinajstić information content (AvgIpc) is 2.73. The highest BCUT2D eigenvalue weighted by Crippen LogP contribution is 2.20. The van der Waals surface area contributed by atoms with Gasteiger partial charge in [-0.2, -0.15) is 0 Å². The van der Waals surface area contributed by atoms with Crippen molar-refractivity contribution < 1.29 is 9.90 Å². The van der Waals surface area contributed by atoms with Gasteiger partial charge in [0.05, 0.1) is 5.92 Å². The van der Waals surface area contributed by atoms with E-state index in [0.29, 0.717) is 6.42 Å². The smallest absolute Gasteiger partial charge is 0.306 e. The molecule has 1 atom stereocenters. The molecule has 3 aromatic rings. The van der Waals surface area contributed by atoms with Gasteiger partial charge in [0, 0.05) is 11.4 Å². The maximum Gasteiger partial charge on any atom is 0.306 e. The van der Waals surface area contributed by atoms with Crippen LogP contribution in [0.5, 0.6) is 0 Å². The van der Waals surface area contributed by atoms with Gasteiger partial charge in [0.1, 0.15) is 0 Å². The summed E-state index contributed by atoms with van der Waals surface area (Å²) in [5, 5.41) is 12.9. The van der Waals surface area contributed by atoms with Gasteiger partial charge >= 0.3 is 5.97 Å². The van der Waals surface area contributed by atoms with E-state index >= 15 is 0 Å². The molecule has 0 bridgehead atoms. The molecule has 0 aromatic heterocycles. The summed E-state index contributed by atoms with van der Waals surface area (Å²) in [4.78, 5) is 11.6. The molecule has 0 spiro atoms. The number of rotatable bonds is 10. The lowest BCUT2D eigenvalue weighted by Gasteiger charge is -2.13. The first kappa shape index (κ1) is 19.7. The molecule has 28 heavy (non-hydrogen) atoms. The van der Waals surface area contributed by atoms with E-state index < -0.39 is 5.97 Å². The van der Waals surface area contributed by atoms with Crippen molar-refractivity contribution in [1.29, 1.82) is 0 Å². The molecule has 3 heteroatoms. The van der Waals surface area contributed by atoms with Crippen LogP contribution < -0.4 is 5.32 Å². The molecule has 0 radical (unpaired) electrons. The van der Waals surface area contributed by atoms with Crippen molar-refractivity contribution in [1.82, 2.24) is 0 Å². The normalized spacial score (nSPS) is 11.7. The van der Waals surface area contributed by atoms with Gasteiger partial charge < -0.3 is 10.4 Å². The van der Waals surface area contributed by atoms with Gasteiger partial charge in [0.25, 0.3) is 0 Å². The summed E-state index contributed by atoms with van der Waals surface area (Å²) in [6.45, 7) is 0. The molecule has 0 saturated heterocycles. The Morgan fingerprint density at radius 1 is 0.714 bits per heavy atom. The first-order valence-electron chi connectivity index (χ1n) is 9.88. The average molecular weight is 373 g/mol. The van der Waals surface area contributed by atoms with E-state index in [1.807, 2.05) is 60.7 Å². The van der Waals surface area contributed by atoms with Crippen LogP contribution in [0.4, 0.5) is 11.4 Å². The summed E-state index contributed by atoms with van der Waals surface area (Å²) in [6, 6.07) is 28.6. The van der Waals surface area contributed by atoms with Crippen molar-refractivity contribution in [3.8, 4) is 0 Å². The lowest BCUT2D eigenvalue weighted by Crippen LogP contribution is -2.15. The van der Waals surface area contributed by atoms with E-state index in [-0.39, 0.29) is 5.92 Å². The highest BCUT2D eigenvalue weighted by atomic mass is 16.4. The molecule has 3 rings (SSSR count). The molecule has 0 fully saturated rings. The van der Waals surface area contributed by atoms with Gasteiger partial charge in [-0.15, -0.1) is 0 Å². The van der Waals surface area contributed by atoms with Crippen LogP contribution in [0.15, 0.2) is 84.9 Å². The van der Waals surface area contributed by atoms with E-state index in [2.05, 4.69) is 29.6 Å². The van der Waals surface area contributed by atoms with Gasteiger partial charge in [-0.1, -0.05) is 60.7 Å². The Morgan fingerprint density at radius 2 is 1.29 bits per heavy atom. The third-order valence-corrected chi connectivity index (χ3v) is 5.01. The first-order valence-corrected chi connectivity index (χ1v) is 9.88. The zero-order chi connectivity index (χ0) is 19.6. The number of anilines is 2. The molecule has 0 heterocycles. The Labute approximate surface area is 167 Å². The molecule has 2 N–H and O–H groups in total. The Hall–Kier alpha value is -3.07. The highest BCUT2D eigenvalue weighted by molar-refractivity contribution is 5.70. The van der Waals surface area contributed by atoms with Crippen LogP contribution >= 0.6 is 0 Å². The number of carbonyl (C=O) groups is 1. The Kier molecular flexibility index (Phi) is 7.25. The summed E-state index contributed by atoms with van der Waals surface area (Å²) in [7, 11) is 0. The molecule has 0 saturated carbocycles. The van der Waals surface area contributed by atoms with E-state index in [4.69, 9.17) is 0 Å². The SMILES string of the molecule is O=C(O)C(CCCc1ccccc1)CCc1ccc(Nc2ccccc2)cc1. The molecule has 3 nitrogen and oxygen atoms in total. The zero-order valence-corrected chi connectivity index (χ0v) is 16.1. The molecule has 0 aliphatic heterocycles. The van der Waals surface area contributed by atoms with Crippen LogP contribution in [0.3, 0.4) is 0 Å². The minimum atomic E-state index is -0.685. The summed E-state index contributed by atoms with van der Waals surface area (Å²) >= 11 is 0. The predicted octanol–water partition coefficient (Wildman–Crippen LogP) is 6.09. The van der Waals surface area contributed by atoms with Crippen molar-refractivity contribution in [2.75, 3.05) is 5.32 Å².